The molecule has 2 aliphatic rings. The van der Waals surface area contributed by atoms with Crippen LogP contribution in [0.15, 0.2) is 70.7 Å². The minimum Gasteiger partial charge on any atom is -0.494 e. The molecule has 0 aliphatic carbocycles. The first-order chi connectivity index (χ1) is 17.0. The number of carbonyl (C=O) groups is 1. The Balaban J connectivity index is 1.48. The van der Waals surface area contributed by atoms with E-state index in [1.165, 1.54) is 11.8 Å². The molecule has 8 heteroatoms. The quantitative estimate of drug-likeness (QED) is 0.470. The van der Waals surface area contributed by atoms with Gasteiger partial charge < -0.3 is 14.4 Å². The molecule has 3 aromatic rings. The summed E-state index contributed by atoms with van der Waals surface area (Å²) >= 11 is 1.42. The number of aliphatic imine (C=N–C) groups is 1. The van der Waals surface area contributed by atoms with Gasteiger partial charge in [0.2, 0.25) is 0 Å². The van der Waals surface area contributed by atoms with Crippen LogP contribution in [0.3, 0.4) is 0 Å². The first-order valence-electron chi connectivity index (χ1n) is 11.8. The Morgan fingerprint density at radius 1 is 1.09 bits per heavy atom. The van der Waals surface area contributed by atoms with Crippen molar-refractivity contribution in [2.75, 3.05) is 19.7 Å². The van der Waals surface area contributed by atoms with E-state index in [4.69, 9.17) is 14.6 Å². The van der Waals surface area contributed by atoms with E-state index in [-0.39, 0.29) is 18.1 Å². The van der Waals surface area contributed by atoms with E-state index in [1.807, 2.05) is 92.3 Å². The molecule has 0 saturated carbocycles. The van der Waals surface area contributed by atoms with Gasteiger partial charge in [0.25, 0.3) is 5.91 Å². The minimum atomic E-state index is -0.220. The molecule has 1 aromatic heterocycles. The lowest BCUT2D eigenvalue weighted by atomic mass is 10.1. The van der Waals surface area contributed by atoms with Crippen LogP contribution in [0.25, 0.3) is 23.0 Å². The van der Waals surface area contributed by atoms with Gasteiger partial charge in [-0.3, -0.25) is 4.79 Å². The van der Waals surface area contributed by atoms with E-state index < -0.39 is 0 Å². The van der Waals surface area contributed by atoms with Gasteiger partial charge in [0.1, 0.15) is 5.75 Å². The molecule has 1 amide bonds. The second-order valence-electron chi connectivity index (χ2n) is 8.64. The van der Waals surface area contributed by atoms with Crippen LogP contribution in [0.2, 0.25) is 0 Å². The molecule has 180 valence electrons. The normalized spacial score (nSPS) is 21.5. The highest BCUT2D eigenvalue weighted by Gasteiger charge is 2.31. The maximum Gasteiger partial charge on any atom is 0.286 e. The van der Waals surface area contributed by atoms with E-state index in [2.05, 4.69) is 9.89 Å². The minimum absolute atomic E-state index is 0.0977. The zero-order chi connectivity index (χ0) is 24.4. The van der Waals surface area contributed by atoms with Crippen molar-refractivity contribution in [1.82, 2.24) is 14.7 Å². The molecule has 2 aromatic carbocycles. The van der Waals surface area contributed by atoms with Crippen LogP contribution in [-0.4, -0.2) is 57.7 Å². The van der Waals surface area contributed by atoms with Gasteiger partial charge in [0.15, 0.2) is 5.17 Å². The smallest absolute Gasteiger partial charge is 0.286 e. The van der Waals surface area contributed by atoms with Crippen molar-refractivity contribution >= 4 is 28.9 Å². The number of para-hydroxylation sites is 1. The first kappa shape index (κ1) is 23.4. The summed E-state index contributed by atoms with van der Waals surface area (Å²) in [5.74, 6) is 0.592. The monoisotopic (exact) mass is 488 g/mol. The number of ether oxygens (including phenoxy) is 2. The SMILES string of the molecule is CCOc1ccc(-c2nn(-c3ccccc3)cc2/C=C2\SC(N3CC(C)OC(C)C3)=NC2=O)cc1. The third kappa shape index (κ3) is 5.18. The summed E-state index contributed by atoms with van der Waals surface area (Å²) in [5.41, 5.74) is 3.54. The maximum absolute atomic E-state index is 12.9. The fourth-order valence-corrected chi connectivity index (χ4v) is 5.24. The zero-order valence-corrected chi connectivity index (χ0v) is 20.9. The number of carbonyl (C=O) groups excluding carboxylic acids is 1. The number of hydrogen-bond acceptors (Lipinski definition) is 6. The largest absolute Gasteiger partial charge is 0.494 e. The predicted molar refractivity (Wildman–Crippen MR) is 140 cm³/mol. The van der Waals surface area contributed by atoms with Gasteiger partial charge in [-0.15, -0.1) is 0 Å². The number of hydrogen-bond donors (Lipinski definition) is 0. The van der Waals surface area contributed by atoms with Crippen molar-refractivity contribution in [1.29, 1.82) is 0 Å². The van der Waals surface area contributed by atoms with Crippen molar-refractivity contribution in [2.45, 2.75) is 33.0 Å². The second-order valence-corrected chi connectivity index (χ2v) is 9.65. The molecule has 5 rings (SSSR count). The van der Waals surface area contributed by atoms with Gasteiger partial charge in [-0.05, 0) is 75.0 Å². The maximum atomic E-state index is 12.9. The average molecular weight is 489 g/mol. The van der Waals surface area contributed by atoms with Gasteiger partial charge in [-0.1, -0.05) is 18.2 Å². The number of rotatable bonds is 5. The molecule has 0 spiro atoms. The highest BCUT2D eigenvalue weighted by Crippen LogP contribution is 2.34. The van der Waals surface area contributed by atoms with E-state index in [1.54, 1.807) is 0 Å². The van der Waals surface area contributed by atoms with Crippen LogP contribution < -0.4 is 4.74 Å². The van der Waals surface area contributed by atoms with Crippen molar-refractivity contribution in [2.24, 2.45) is 4.99 Å². The van der Waals surface area contributed by atoms with E-state index in [0.29, 0.717) is 11.5 Å². The molecule has 7 nitrogen and oxygen atoms in total. The average Bonchev–Trinajstić information content (AvgIpc) is 3.44. The number of aromatic nitrogens is 2. The summed E-state index contributed by atoms with van der Waals surface area (Å²) in [6.07, 6.45) is 4.05. The van der Waals surface area contributed by atoms with Crippen molar-refractivity contribution in [3.8, 4) is 22.7 Å². The number of morpholine rings is 1. The van der Waals surface area contributed by atoms with Crippen LogP contribution in [0.4, 0.5) is 0 Å². The highest BCUT2D eigenvalue weighted by atomic mass is 32.2. The van der Waals surface area contributed by atoms with Crippen LogP contribution in [0.1, 0.15) is 26.3 Å². The van der Waals surface area contributed by atoms with Gasteiger partial charge >= 0.3 is 0 Å². The van der Waals surface area contributed by atoms with Crippen LogP contribution in [0.5, 0.6) is 5.75 Å². The summed E-state index contributed by atoms with van der Waals surface area (Å²) in [6, 6.07) is 17.8. The Labute approximate surface area is 209 Å². The lowest BCUT2D eigenvalue weighted by Crippen LogP contribution is -2.47. The highest BCUT2D eigenvalue weighted by molar-refractivity contribution is 8.18. The molecule has 0 bridgehead atoms. The molecule has 0 radical (unpaired) electrons. The Kier molecular flexibility index (Phi) is 6.74. The Morgan fingerprint density at radius 2 is 1.80 bits per heavy atom. The first-order valence-corrected chi connectivity index (χ1v) is 12.6. The lowest BCUT2D eigenvalue weighted by molar-refractivity contribution is -0.113. The molecule has 1 fully saturated rings. The third-order valence-electron chi connectivity index (χ3n) is 5.79. The summed E-state index contributed by atoms with van der Waals surface area (Å²) in [4.78, 5) is 19.9. The Bertz CT molecular complexity index is 1260. The van der Waals surface area contributed by atoms with E-state index in [9.17, 15) is 4.79 Å². The standard InChI is InChI=1S/C27H28N4O3S/c1-4-33-23-12-10-20(11-13-23)25-21(17-31(29-25)22-8-6-5-7-9-22)14-24-26(32)28-27(35-24)30-15-18(2)34-19(3)16-30/h5-14,17-19H,4,15-16H2,1-3H3/b24-14-. The van der Waals surface area contributed by atoms with E-state index >= 15 is 0 Å². The number of nitrogens with zero attached hydrogens (tertiary/aromatic N) is 4. The fourth-order valence-electron chi connectivity index (χ4n) is 4.31. The summed E-state index contributed by atoms with van der Waals surface area (Å²) in [5, 5.41) is 5.61. The van der Waals surface area contributed by atoms with Gasteiger partial charge in [0.05, 0.1) is 35.1 Å². The molecular formula is C27H28N4O3S. The molecule has 35 heavy (non-hydrogen) atoms. The topological polar surface area (TPSA) is 68.9 Å². The van der Waals surface area contributed by atoms with Gasteiger partial charge in [-0.25, -0.2) is 4.68 Å². The van der Waals surface area contributed by atoms with Crippen LogP contribution in [0, 0.1) is 0 Å². The van der Waals surface area contributed by atoms with Gasteiger partial charge in [0, 0.05) is 30.4 Å². The summed E-state index contributed by atoms with van der Waals surface area (Å²) < 4.78 is 13.3. The zero-order valence-electron chi connectivity index (χ0n) is 20.0. The Hall–Kier alpha value is -3.36. The van der Waals surface area contributed by atoms with Crippen LogP contribution >= 0.6 is 11.8 Å². The molecule has 2 atom stereocenters. The van der Waals surface area contributed by atoms with Gasteiger partial charge in [-0.2, -0.15) is 10.1 Å². The summed E-state index contributed by atoms with van der Waals surface area (Å²) in [7, 11) is 0. The molecule has 0 N–H and O–H groups in total. The van der Waals surface area contributed by atoms with Crippen molar-refractivity contribution in [3.63, 3.8) is 0 Å². The summed E-state index contributed by atoms with van der Waals surface area (Å²) in [6.45, 7) is 8.11. The lowest BCUT2D eigenvalue weighted by Gasteiger charge is -2.35. The van der Waals surface area contributed by atoms with Crippen molar-refractivity contribution < 1.29 is 14.3 Å². The number of benzene rings is 2. The predicted octanol–water partition coefficient (Wildman–Crippen LogP) is 5.02. The van der Waals surface area contributed by atoms with Crippen molar-refractivity contribution in [3.05, 3.63) is 71.3 Å². The van der Waals surface area contributed by atoms with E-state index in [0.717, 1.165) is 46.5 Å². The number of amides is 1. The molecule has 1 saturated heterocycles. The molecule has 3 heterocycles. The second kappa shape index (κ2) is 10.1. The molecule has 2 aliphatic heterocycles. The number of amidine groups is 1. The molecule has 2 unspecified atom stereocenters. The molecular weight excluding hydrogens is 460 g/mol. The number of thioether (sulfide) groups is 1. The third-order valence-corrected chi connectivity index (χ3v) is 6.83. The van der Waals surface area contributed by atoms with Crippen LogP contribution in [-0.2, 0) is 9.53 Å². The fraction of sp³-hybridized carbons (Fsp3) is 0.296. The Morgan fingerprint density at radius 3 is 2.49 bits per heavy atom.